The Balaban J connectivity index is 2.90. The van der Waals surface area contributed by atoms with Gasteiger partial charge in [0.2, 0.25) is 10.0 Å². The minimum Gasteiger partial charge on any atom is -0.211 e. The van der Waals surface area contributed by atoms with Crippen molar-refractivity contribution in [2.24, 2.45) is 5.92 Å². The summed E-state index contributed by atoms with van der Waals surface area (Å²) in [6.07, 6.45) is 1.93. The lowest BCUT2D eigenvalue weighted by molar-refractivity contribution is 0.479. The molecule has 1 N–H and O–H groups in total. The Labute approximate surface area is 115 Å². The third-order valence-electron chi connectivity index (χ3n) is 3.22. The molecule has 5 heteroatoms. The zero-order chi connectivity index (χ0) is 13.8. The normalized spacial score (nSPS) is 12.1. The lowest BCUT2D eigenvalue weighted by Crippen LogP contribution is -2.29. The molecule has 0 atom stereocenters. The van der Waals surface area contributed by atoms with Gasteiger partial charge in [-0.3, -0.25) is 0 Å². The van der Waals surface area contributed by atoms with Crippen molar-refractivity contribution in [1.82, 2.24) is 4.72 Å². The maximum atomic E-state index is 12.2. The predicted molar refractivity (Wildman–Crippen MR) is 75.4 cm³/mol. The molecule has 0 amide bonds. The number of benzene rings is 1. The molecule has 0 saturated carbocycles. The molecule has 0 heterocycles. The Kier molecular flexibility index (Phi) is 5.63. The molecule has 0 unspecified atom stereocenters. The summed E-state index contributed by atoms with van der Waals surface area (Å²) in [4.78, 5) is 0.265. The predicted octanol–water partition coefficient (Wildman–Crippen LogP) is 3.36. The van der Waals surface area contributed by atoms with E-state index in [0.29, 0.717) is 23.0 Å². The van der Waals surface area contributed by atoms with E-state index in [1.165, 1.54) is 0 Å². The molecule has 1 aromatic carbocycles. The maximum absolute atomic E-state index is 12.2. The first kappa shape index (κ1) is 15.5. The van der Waals surface area contributed by atoms with Gasteiger partial charge in [-0.05, 0) is 30.5 Å². The van der Waals surface area contributed by atoms with E-state index in [-0.39, 0.29) is 4.90 Å². The first-order valence-electron chi connectivity index (χ1n) is 6.17. The van der Waals surface area contributed by atoms with Crippen molar-refractivity contribution in [3.63, 3.8) is 0 Å². The summed E-state index contributed by atoms with van der Waals surface area (Å²) in [5.41, 5.74) is 0.594. The number of hydrogen-bond donors (Lipinski definition) is 1. The van der Waals surface area contributed by atoms with Crippen LogP contribution in [-0.4, -0.2) is 15.0 Å². The van der Waals surface area contributed by atoms with Gasteiger partial charge in [-0.15, -0.1) is 0 Å². The van der Waals surface area contributed by atoms with Crippen LogP contribution in [0, 0.1) is 12.8 Å². The molecule has 0 saturated heterocycles. The molecule has 0 aromatic heterocycles. The van der Waals surface area contributed by atoms with Crippen molar-refractivity contribution in [2.45, 2.75) is 38.5 Å². The lowest BCUT2D eigenvalue weighted by Gasteiger charge is -2.15. The van der Waals surface area contributed by atoms with Crippen molar-refractivity contribution >= 4 is 21.6 Å². The first-order chi connectivity index (χ1) is 8.42. The molecule has 18 heavy (non-hydrogen) atoms. The van der Waals surface area contributed by atoms with Gasteiger partial charge in [-0.25, -0.2) is 13.1 Å². The lowest BCUT2D eigenvalue weighted by atomic mass is 10.0. The zero-order valence-electron chi connectivity index (χ0n) is 11.0. The fraction of sp³-hybridized carbons (Fsp3) is 0.538. The van der Waals surface area contributed by atoms with Crippen molar-refractivity contribution in [3.05, 3.63) is 28.8 Å². The van der Waals surface area contributed by atoms with E-state index in [2.05, 4.69) is 18.6 Å². The van der Waals surface area contributed by atoms with Gasteiger partial charge in [0.15, 0.2) is 0 Å². The molecular weight excluding hydrogens is 270 g/mol. The summed E-state index contributed by atoms with van der Waals surface area (Å²) in [5, 5.41) is 0.473. The highest BCUT2D eigenvalue weighted by molar-refractivity contribution is 7.89. The molecule has 102 valence electrons. The number of nitrogens with one attached hydrogen (secondary N) is 1. The van der Waals surface area contributed by atoms with Crippen LogP contribution in [-0.2, 0) is 10.0 Å². The van der Waals surface area contributed by atoms with Crippen LogP contribution in [0.1, 0.15) is 32.3 Å². The standard InChI is InChI=1S/C13H20ClNO2S/c1-4-11(5-2)9-15-18(16,17)13-8-6-7-12(14)10(13)3/h6-8,11,15H,4-5,9H2,1-3H3. The summed E-state index contributed by atoms with van der Waals surface area (Å²) in [5.74, 6) is 0.374. The van der Waals surface area contributed by atoms with E-state index in [0.717, 1.165) is 12.8 Å². The number of halogens is 1. The molecule has 1 aromatic rings. The number of sulfonamides is 1. The van der Waals surface area contributed by atoms with E-state index in [1.54, 1.807) is 25.1 Å². The first-order valence-corrected chi connectivity index (χ1v) is 8.03. The molecule has 0 aliphatic carbocycles. The zero-order valence-corrected chi connectivity index (χ0v) is 12.6. The average molecular weight is 290 g/mol. The molecule has 0 fully saturated rings. The van der Waals surface area contributed by atoms with Crippen LogP contribution in [0.3, 0.4) is 0 Å². The Bertz CT molecular complexity index is 496. The maximum Gasteiger partial charge on any atom is 0.240 e. The van der Waals surface area contributed by atoms with Crippen LogP contribution in [0.4, 0.5) is 0 Å². The van der Waals surface area contributed by atoms with Gasteiger partial charge in [0, 0.05) is 11.6 Å². The molecule has 1 rings (SSSR count). The van der Waals surface area contributed by atoms with Crippen molar-refractivity contribution in [3.8, 4) is 0 Å². The van der Waals surface area contributed by atoms with Crippen molar-refractivity contribution < 1.29 is 8.42 Å². The van der Waals surface area contributed by atoms with E-state index in [1.807, 2.05) is 0 Å². The van der Waals surface area contributed by atoms with Crippen LogP contribution in [0.25, 0.3) is 0 Å². The van der Waals surface area contributed by atoms with Gasteiger partial charge in [0.05, 0.1) is 4.90 Å². The van der Waals surface area contributed by atoms with Gasteiger partial charge < -0.3 is 0 Å². The SMILES string of the molecule is CCC(CC)CNS(=O)(=O)c1cccc(Cl)c1C. The minimum atomic E-state index is -3.46. The molecular formula is C13H20ClNO2S. The topological polar surface area (TPSA) is 46.2 Å². The monoisotopic (exact) mass is 289 g/mol. The second-order valence-corrected chi connectivity index (χ2v) is 6.54. The van der Waals surface area contributed by atoms with E-state index in [9.17, 15) is 8.42 Å². The highest BCUT2D eigenvalue weighted by atomic mass is 35.5. The second-order valence-electron chi connectivity index (χ2n) is 4.40. The fourth-order valence-corrected chi connectivity index (χ4v) is 3.37. The van der Waals surface area contributed by atoms with Gasteiger partial charge >= 0.3 is 0 Å². The van der Waals surface area contributed by atoms with Crippen LogP contribution >= 0.6 is 11.6 Å². The Morgan fingerprint density at radius 3 is 2.44 bits per heavy atom. The number of rotatable bonds is 6. The van der Waals surface area contributed by atoms with Gasteiger partial charge in [-0.1, -0.05) is 44.4 Å². The largest absolute Gasteiger partial charge is 0.240 e. The molecule has 0 bridgehead atoms. The molecule has 0 aliphatic heterocycles. The van der Waals surface area contributed by atoms with E-state index in [4.69, 9.17) is 11.6 Å². The molecule has 0 radical (unpaired) electrons. The summed E-state index contributed by atoms with van der Waals surface area (Å²) in [7, 11) is -3.46. The molecule has 0 spiro atoms. The highest BCUT2D eigenvalue weighted by Crippen LogP contribution is 2.22. The number of hydrogen-bond acceptors (Lipinski definition) is 2. The van der Waals surface area contributed by atoms with Gasteiger partial charge in [-0.2, -0.15) is 0 Å². The summed E-state index contributed by atoms with van der Waals surface area (Å²) < 4.78 is 27.0. The second kappa shape index (κ2) is 6.55. The van der Waals surface area contributed by atoms with Crippen LogP contribution in [0.5, 0.6) is 0 Å². The van der Waals surface area contributed by atoms with E-state index >= 15 is 0 Å². The molecule has 3 nitrogen and oxygen atoms in total. The van der Waals surface area contributed by atoms with E-state index < -0.39 is 10.0 Å². The quantitative estimate of drug-likeness (QED) is 0.873. The summed E-state index contributed by atoms with van der Waals surface area (Å²) >= 11 is 5.94. The van der Waals surface area contributed by atoms with Crippen LogP contribution in [0.15, 0.2) is 23.1 Å². The average Bonchev–Trinajstić information content (AvgIpc) is 2.33. The summed E-state index contributed by atoms with van der Waals surface area (Å²) in [6.45, 7) is 6.31. The Morgan fingerprint density at radius 1 is 1.28 bits per heavy atom. The van der Waals surface area contributed by atoms with Crippen LogP contribution in [0.2, 0.25) is 5.02 Å². The third kappa shape index (κ3) is 3.70. The third-order valence-corrected chi connectivity index (χ3v) is 5.20. The Hall–Kier alpha value is -0.580. The highest BCUT2D eigenvalue weighted by Gasteiger charge is 2.18. The smallest absolute Gasteiger partial charge is 0.211 e. The van der Waals surface area contributed by atoms with Gasteiger partial charge in [0.1, 0.15) is 0 Å². The minimum absolute atomic E-state index is 0.265. The van der Waals surface area contributed by atoms with Crippen molar-refractivity contribution in [1.29, 1.82) is 0 Å². The molecule has 0 aliphatic rings. The van der Waals surface area contributed by atoms with Crippen molar-refractivity contribution in [2.75, 3.05) is 6.54 Å². The van der Waals surface area contributed by atoms with Crippen LogP contribution < -0.4 is 4.72 Å². The summed E-state index contributed by atoms with van der Waals surface area (Å²) in [6, 6.07) is 4.92. The van der Waals surface area contributed by atoms with Gasteiger partial charge in [0.25, 0.3) is 0 Å². The fourth-order valence-electron chi connectivity index (χ4n) is 1.76. The Morgan fingerprint density at radius 2 is 1.89 bits per heavy atom.